The maximum Gasteiger partial charge on any atom is 0.274 e. The van der Waals surface area contributed by atoms with E-state index in [2.05, 4.69) is 9.97 Å². The topological polar surface area (TPSA) is 95.9 Å². The van der Waals surface area contributed by atoms with E-state index in [1.807, 2.05) is 19.9 Å². The number of rotatable bonds is 5. The molecule has 0 saturated heterocycles. The highest BCUT2D eigenvalue weighted by Gasteiger charge is 2.18. The van der Waals surface area contributed by atoms with Crippen molar-refractivity contribution in [2.45, 2.75) is 20.3 Å². The van der Waals surface area contributed by atoms with Gasteiger partial charge in [-0.25, -0.2) is 4.98 Å². The van der Waals surface area contributed by atoms with Gasteiger partial charge in [-0.1, -0.05) is 13.8 Å². The molecule has 0 unspecified atom stereocenters. The van der Waals surface area contributed by atoms with Gasteiger partial charge in [0.15, 0.2) is 0 Å². The molecule has 1 aromatic rings. The number of hydrogen-bond acceptors (Lipinski definition) is 5. The smallest absolute Gasteiger partial charge is 0.274 e. The zero-order valence-corrected chi connectivity index (χ0v) is 10.6. The fourth-order valence-corrected chi connectivity index (χ4v) is 1.55. The van der Waals surface area contributed by atoms with Crippen LogP contribution in [0.1, 0.15) is 30.8 Å². The van der Waals surface area contributed by atoms with Gasteiger partial charge in [0.05, 0.1) is 24.9 Å². The van der Waals surface area contributed by atoms with Crippen LogP contribution in [0.2, 0.25) is 0 Å². The Morgan fingerprint density at radius 2 is 2.28 bits per heavy atom. The number of nitriles is 1. The van der Waals surface area contributed by atoms with Crippen molar-refractivity contribution in [1.82, 2.24) is 14.9 Å². The first-order chi connectivity index (χ1) is 8.54. The SMILES string of the molecule is CC(C)CN(CCC#N)C(=O)c1cncc(N)n1. The summed E-state index contributed by atoms with van der Waals surface area (Å²) in [7, 11) is 0. The van der Waals surface area contributed by atoms with Crippen molar-refractivity contribution in [3.63, 3.8) is 0 Å². The van der Waals surface area contributed by atoms with Crippen LogP contribution < -0.4 is 5.73 Å². The van der Waals surface area contributed by atoms with E-state index in [0.717, 1.165) is 0 Å². The normalized spacial score (nSPS) is 10.1. The largest absolute Gasteiger partial charge is 0.382 e. The van der Waals surface area contributed by atoms with E-state index < -0.39 is 0 Å². The molecule has 1 amide bonds. The Morgan fingerprint density at radius 1 is 1.56 bits per heavy atom. The Kier molecular flexibility index (Phi) is 5.06. The number of nitrogens with two attached hydrogens (primary N) is 1. The molecular weight excluding hydrogens is 230 g/mol. The lowest BCUT2D eigenvalue weighted by molar-refractivity contribution is 0.0733. The Hall–Kier alpha value is -2.16. The fourth-order valence-electron chi connectivity index (χ4n) is 1.55. The third-order valence-corrected chi connectivity index (χ3v) is 2.24. The maximum atomic E-state index is 12.2. The van der Waals surface area contributed by atoms with Gasteiger partial charge >= 0.3 is 0 Å². The molecule has 6 heteroatoms. The number of carbonyl (C=O) groups is 1. The molecule has 1 aromatic heterocycles. The number of aromatic nitrogens is 2. The highest BCUT2D eigenvalue weighted by molar-refractivity contribution is 5.92. The summed E-state index contributed by atoms with van der Waals surface area (Å²) in [6.45, 7) is 5.00. The lowest BCUT2D eigenvalue weighted by Crippen LogP contribution is -2.35. The molecule has 1 heterocycles. The van der Waals surface area contributed by atoms with E-state index >= 15 is 0 Å². The molecule has 0 bridgehead atoms. The third kappa shape index (κ3) is 4.01. The highest BCUT2D eigenvalue weighted by Crippen LogP contribution is 2.07. The first kappa shape index (κ1) is 13.9. The molecule has 0 spiro atoms. The summed E-state index contributed by atoms with van der Waals surface area (Å²) < 4.78 is 0. The standard InChI is InChI=1S/C12H17N5O/c1-9(2)8-17(5-3-4-13)12(18)10-6-15-7-11(14)16-10/h6-7,9H,3,5,8H2,1-2H3,(H2,14,16). The molecule has 0 aromatic carbocycles. The monoisotopic (exact) mass is 247 g/mol. The van der Waals surface area contributed by atoms with Crippen molar-refractivity contribution in [2.75, 3.05) is 18.8 Å². The van der Waals surface area contributed by atoms with Crippen molar-refractivity contribution in [1.29, 1.82) is 5.26 Å². The summed E-state index contributed by atoms with van der Waals surface area (Å²) in [5.41, 5.74) is 5.72. The van der Waals surface area contributed by atoms with Crippen LogP contribution in [0, 0.1) is 17.2 Å². The Morgan fingerprint density at radius 3 is 2.83 bits per heavy atom. The van der Waals surface area contributed by atoms with Crippen LogP contribution in [0.25, 0.3) is 0 Å². The molecule has 0 aliphatic rings. The van der Waals surface area contributed by atoms with Crippen LogP contribution in [0.3, 0.4) is 0 Å². The average Bonchev–Trinajstić information content (AvgIpc) is 2.33. The van der Waals surface area contributed by atoms with E-state index in [4.69, 9.17) is 11.0 Å². The average molecular weight is 247 g/mol. The molecule has 0 atom stereocenters. The van der Waals surface area contributed by atoms with Gasteiger partial charge in [-0.05, 0) is 5.92 Å². The van der Waals surface area contributed by atoms with E-state index in [1.165, 1.54) is 12.4 Å². The molecular formula is C12H17N5O. The van der Waals surface area contributed by atoms with Gasteiger partial charge in [0.2, 0.25) is 0 Å². The zero-order chi connectivity index (χ0) is 13.5. The highest BCUT2D eigenvalue weighted by atomic mass is 16.2. The zero-order valence-electron chi connectivity index (χ0n) is 10.6. The molecule has 0 fully saturated rings. The summed E-state index contributed by atoms with van der Waals surface area (Å²) in [5, 5.41) is 8.61. The van der Waals surface area contributed by atoms with Crippen LogP contribution in [0.5, 0.6) is 0 Å². The van der Waals surface area contributed by atoms with Gasteiger partial charge in [0.25, 0.3) is 5.91 Å². The van der Waals surface area contributed by atoms with E-state index in [1.54, 1.807) is 4.90 Å². The minimum atomic E-state index is -0.237. The molecule has 0 radical (unpaired) electrons. The van der Waals surface area contributed by atoms with Crippen LogP contribution in [-0.2, 0) is 0 Å². The van der Waals surface area contributed by atoms with Crippen LogP contribution >= 0.6 is 0 Å². The number of nitrogen functional groups attached to an aromatic ring is 1. The second-order valence-corrected chi connectivity index (χ2v) is 4.38. The van der Waals surface area contributed by atoms with Gasteiger partial charge < -0.3 is 10.6 Å². The molecule has 6 nitrogen and oxygen atoms in total. The third-order valence-electron chi connectivity index (χ3n) is 2.24. The van der Waals surface area contributed by atoms with Crippen molar-refractivity contribution in [2.24, 2.45) is 5.92 Å². The quantitative estimate of drug-likeness (QED) is 0.839. The predicted octanol–water partition coefficient (Wildman–Crippen LogP) is 1.07. The molecule has 2 N–H and O–H groups in total. The number of amides is 1. The number of nitrogens with zero attached hydrogens (tertiary/aromatic N) is 4. The Bertz CT molecular complexity index is 452. The van der Waals surface area contributed by atoms with Crippen LogP contribution in [-0.4, -0.2) is 33.9 Å². The van der Waals surface area contributed by atoms with Gasteiger partial charge in [-0.3, -0.25) is 9.78 Å². The summed E-state index contributed by atoms with van der Waals surface area (Å²) in [5.74, 6) is 0.297. The first-order valence-corrected chi connectivity index (χ1v) is 5.78. The predicted molar refractivity (Wildman–Crippen MR) is 67.4 cm³/mol. The molecule has 0 saturated carbocycles. The van der Waals surface area contributed by atoms with E-state index in [0.29, 0.717) is 25.4 Å². The van der Waals surface area contributed by atoms with Crippen molar-refractivity contribution in [3.8, 4) is 6.07 Å². The fraction of sp³-hybridized carbons (Fsp3) is 0.500. The number of carbonyl (C=O) groups excluding carboxylic acids is 1. The van der Waals surface area contributed by atoms with Crippen molar-refractivity contribution >= 4 is 11.7 Å². The van der Waals surface area contributed by atoms with Gasteiger partial charge in [0, 0.05) is 13.1 Å². The lowest BCUT2D eigenvalue weighted by Gasteiger charge is -2.23. The first-order valence-electron chi connectivity index (χ1n) is 5.78. The minimum Gasteiger partial charge on any atom is -0.382 e. The summed E-state index contributed by atoms with van der Waals surface area (Å²) in [6, 6.07) is 2.03. The van der Waals surface area contributed by atoms with Crippen LogP contribution in [0.15, 0.2) is 12.4 Å². The number of hydrogen-bond donors (Lipinski definition) is 1. The summed E-state index contributed by atoms with van der Waals surface area (Å²) in [6.07, 6.45) is 3.07. The lowest BCUT2D eigenvalue weighted by atomic mass is 10.2. The number of anilines is 1. The Balaban J connectivity index is 2.84. The maximum absolute atomic E-state index is 12.2. The van der Waals surface area contributed by atoms with E-state index in [-0.39, 0.29) is 17.4 Å². The summed E-state index contributed by atoms with van der Waals surface area (Å²) in [4.78, 5) is 21.6. The van der Waals surface area contributed by atoms with Gasteiger partial charge in [-0.15, -0.1) is 0 Å². The second kappa shape index (κ2) is 6.55. The van der Waals surface area contributed by atoms with Crippen molar-refractivity contribution in [3.05, 3.63) is 18.1 Å². The van der Waals surface area contributed by atoms with E-state index in [9.17, 15) is 4.79 Å². The molecule has 96 valence electrons. The van der Waals surface area contributed by atoms with Gasteiger partial charge in [-0.2, -0.15) is 5.26 Å². The summed E-state index contributed by atoms with van der Waals surface area (Å²) >= 11 is 0. The Labute approximate surface area is 106 Å². The molecule has 0 aliphatic heterocycles. The molecule has 1 rings (SSSR count). The van der Waals surface area contributed by atoms with Crippen molar-refractivity contribution < 1.29 is 4.79 Å². The minimum absolute atomic E-state index is 0.214. The van der Waals surface area contributed by atoms with Crippen LogP contribution in [0.4, 0.5) is 5.82 Å². The molecule has 18 heavy (non-hydrogen) atoms. The molecule has 0 aliphatic carbocycles. The second-order valence-electron chi connectivity index (χ2n) is 4.38. The van der Waals surface area contributed by atoms with Gasteiger partial charge in [0.1, 0.15) is 11.5 Å².